The van der Waals surface area contributed by atoms with Crippen molar-refractivity contribution >= 4 is 29.3 Å². The molecule has 1 atom stereocenters. The quantitative estimate of drug-likeness (QED) is 0.737. The molecule has 7 heteroatoms. The highest BCUT2D eigenvalue weighted by molar-refractivity contribution is 8.00. The van der Waals surface area contributed by atoms with Crippen LogP contribution in [0, 0.1) is 0 Å². The molecule has 0 spiro atoms. The molecular weight excluding hydrogens is 372 g/mol. The SMILES string of the molecule is CC1Sc2ccc(C(=O)N(C)Cc3cnn(-c4ccccc4)c3)cc2NC1=O. The zero-order chi connectivity index (χ0) is 19.7. The van der Waals surface area contributed by atoms with Crippen LogP contribution in [0.5, 0.6) is 0 Å². The van der Waals surface area contributed by atoms with Crippen molar-refractivity contribution in [3.8, 4) is 5.69 Å². The van der Waals surface area contributed by atoms with E-state index in [0.717, 1.165) is 16.1 Å². The Morgan fingerprint density at radius 3 is 2.82 bits per heavy atom. The van der Waals surface area contributed by atoms with Crippen LogP contribution in [0.15, 0.2) is 65.8 Å². The van der Waals surface area contributed by atoms with Gasteiger partial charge in [0, 0.05) is 35.8 Å². The second kappa shape index (κ2) is 7.52. The zero-order valence-electron chi connectivity index (χ0n) is 15.6. The first kappa shape index (κ1) is 18.3. The normalized spacial score (nSPS) is 15.6. The molecule has 4 rings (SSSR count). The third kappa shape index (κ3) is 3.66. The minimum Gasteiger partial charge on any atom is -0.337 e. The number of para-hydroxylation sites is 1. The van der Waals surface area contributed by atoms with Crippen LogP contribution in [0.4, 0.5) is 5.69 Å². The highest BCUT2D eigenvalue weighted by atomic mass is 32.2. The van der Waals surface area contributed by atoms with E-state index in [1.807, 2.05) is 55.6 Å². The van der Waals surface area contributed by atoms with E-state index in [-0.39, 0.29) is 17.1 Å². The van der Waals surface area contributed by atoms with Crippen molar-refractivity contribution in [1.29, 1.82) is 0 Å². The van der Waals surface area contributed by atoms with Crippen molar-refractivity contribution in [3.63, 3.8) is 0 Å². The van der Waals surface area contributed by atoms with Crippen molar-refractivity contribution in [2.24, 2.45) is 0 Å². The average Bonchev–Trinajstić information content (AvgIpc) is 3.17. The molecule has 0 fully saturated rings. The van der Waals surface area contributed by atoms with E-state index in [2.05, 4.69) is 10.4 Å². The van der Waals surface area contributed by atoms with Gasteiger partial charge in [0.2, 0.25) is 5.91 Å². The number of thioether (sulfide) groups is 1. The fourth-order valence-electron chi connectivity index (χ4n) is 3.07. The van der Waals surface area contributed by atoms with Gasteiger partial charge in [-0.25, -0.2) is 4.68 Å². The molecule has 1 unspecified atom stereocenters. The number of rotatable bonds is 4. The lowest BCUT2D eigenvalue weighted by Crippen LogP contribution is -2.28. The number of hydrogen-bond donors (Lipinski definition) is 1. The summed E-state index contributed by atoms with van der Waals surface area (Å²) in [6.45, 7) is 2.31. The highest BCUT2D eigenvalue weighted by Crippen LogP contribution is 2.36. The molecule has 0 saturated heterocycles. The summed E-state index contributed by atoms with van der Waals surface area (Å²) in [5.41, 5.74) is 3.16. The minimum absolute atomic E-state index is 0.0382. The molecule has 2 heterocycles. The predicted octanol–water partition coefficient (Wildman–Crippen LogP) is 3.58. The maximum atomic E-state index is 12.8. The van der Waals surface area contributed by atoms with E-state index in [1.165, 1.54) is 11.8 Å². The minimum atomic E-state index is -0.127. The molecule has 1 aliphatic rings. The topological polar surface area (TPSA) is 67.2 Å². The second-order valence-electron chi connectivity index (χ2n) is 6.75. The molecule has 2 amide bonds. The van der Waals surface area contributed by atoms with Crippen LogP contribution in [0.2, 0.25) is 0 Å². The Morgan fingerprint density at radius 1 is 1.25 bits per heavy atom. The average molecular weight is 392 g/mol. The first-order chi connectivity index (χ1) is 13.5. The summed E-state index contributed by atoms with van der Waals surface area (Å²) in [5.74, 6) is -0.142. The lowest BCUT2D eigenvalue weighted by Gasteiger charge is -2.23. The molecule has 2 aromatic carbocycles. The van der Waals surface area contributed by atoms with Gasteiger partial charge in [0.05, 0.1) is 22.8 Å². The van der Waals surface area contributed by atoms with Crippen LogP contribution in [-0.2, 0) is 11.3 Å². The smallest absolute Gasteiger partial charge is 0.253 e. The molecule has 6 nitrogen and oxygen atoms in total. The molecule has 3 aromatic rings. The number of amides is 2. The zero-order valence-corrected chi connectivity index (χ0v) is 16.4. The number of anilines is 1. The van der Waals surface area contributed by atoms with Crippen LogP contribution < -0.4 is 5.32 Å². The van der Waals surface area contributed by atoms with Gasteiger partial charge in [0.1, 0.15) is 0 Å². The highest BCUT2D eigenvalue weighted by Gasteiger charge is 2.24. The largest absolute Gasteiger partial charge is 0.337 e. The van der Waals surface area contributed by atoms with Crippen molar-refractivity contribution < 1.29 is 9.59 Å². The number of fused-ring (bicyclic) bond motifs is 1. The summed E-state index contributed by atoms with van der Waals surface area (Å²) in [6.07, 6.45) is 3.69. The van der Waals surface area contributed by atoms with Crippen LogP contribution in [0.25, 0.3) is 5.69 Å². The first-order valence-electron chi connectivity index (χ1n) is 8.97. The van der Waals surface area contributed by atoms with Crippen molar-refractivity contribution in [3.05, 3.63) is 72.1 Å². The Kier molecular flexibility index (Phi) is 4.92. The summed E-state index contributed by atoms with van der Waals surface area (Å²) in [7, 11) is 1.76. The van der Waals surface area contributed by atoms with E-state index >= 15 is 0 Å². The van der Waals surface area contributed by atoms with Crippen molar-refractivity contribution in [1.82, 2.24) is 14.7 Å². The van der Waals surface area contributed by atoms with Crippen LogP contribution in [0.1, 0.15) is 22.8 Å². The summed E-state index contributed by atoms with van der Waals surface area (Å²) in [6, 6.07) is 15.3. The molecule has 0 bridgehead atoms. The number of hydrogen-bond acceptors (Lipinski definition) is 4. The van der Waals surface area contributed by atoms with Gasteiger partial charge in [-0.3, -0.25) is 9.59 Å². The van der Waals surface area contributed by atoms with E-state index < -0.39 is 0 Å². The third-order valence-corrected chi connectivity index (χ3v) is 5.76. The van der Waals surface area contributed by atoms with Crippen LogP contribution in [0.3, 0.4) is 0 Å². The van der Waals surface area contributed by atoms with Crippen molar-refractivity contribution in [2.75, 3.05) is 12.4 Å². The number of carbonyl (C=O) groups is 2. The van der Waals surface area contributed by atoms with Gasteiger partial charge < -0.3 is 10.2 Å². The molecule has 0 radical (unpaired) electrons. The number of aromatic nitrogens is 2. The van der Waals surface area contributed by atoms with Crippen LogP contribution >= 0.6 is 11.8 Å². The Bertz CT molecular complexity index is 1030. The first-order valence-corrected chi connectivity index (χ1v) is 9.85. The Morgan fingerprint density at radius 2 is 2.04 bits per heavy atom. The fraction of sp³-hybridized carbons (Fsp3) is 0.190. The predicted molar refractivity (Wildman–Crippen MR) is 110 cm³/mol. The van der Waals surface area contributed by atoms with Gasteiger partial charge in [0.15, 0.2) is 0 Å². The Labute approximate surface area is 167 Å². The summed E-state index contributed by atoms with van der Waals surface area (Å²) < 4.78 is 1.79. The van der Waals surface area contributed by atoms with Crippen molar-refractivity contribution in [2.45, 2.75) is 23.6 Å². The van der Waals surface area contributed by atoms with E-state index in [9.17, 15) is 9.59 Å². The molecule has 1 aromatic heterocycles. The van der Waals surface area contributed by atoms with Gasteiger partial charge in [-0.05, 0) is 37.3 Å². The summed E-state index contributed by atoms with van der Waals surface area (Å²) in [5, 5.41) is 7.12. The summed E-state index contributed by atoms with van der Waals surface area (Å²) >= 11 is 1.50. The molecule has 0 aliphatic carbocycles. The molecular formula is C21H20N4O2S. The van der Waals surface area contributed by atoms with Gasteiger partial charge in [0.25, 0.3) is 5.91 Å². The van der Waals surface area contributed by atoms with Crippen LogP contribution in [-0.4, -0.2) is 38.8 Å². The lowest BCUT2D eigenvalue weighted by atomic mass is 10.1. The Hall–Kier alpha value is -3.06. The third-order valence-electron chi connectivity index (χ3n) is 4.58. The number of nitrogens with one attached hydrogen (secondary N) is 1. The lowest BCUT2D eigenvalue weighted by molar-refractivity contribution is -0.115. The Balaban J connectivity index is 1.48. The van der Waals surface area contributed by atoms with E-state index in [0.29, 0.717) is 17.8 Å². The fourth-order valence-corrected chi connectivity index (χ4v) is 4.00. The number of nitrogens with zero attached hydrogens (tertiary/aromatic N) is 3. The second-order valence-corrected chi connectivity index (χ2v) is 8.13. The summed E-state index contributed by atoms with van der Waals surface area (Å²) in [4.78, 5) is 27.4. The molecule has 1 N–H and O–H groups in total. The standard InChI is InChI=1S/C21H20N4O2S/c1-14-20(26)23-18-10-16(8-9-19(18)28-14)21(27)24(2)12-15-11-22-25(13-15)17-6-4-3-5-7-17/h3-11,13-14H,12H2,1-2H3,(H,23,26). The van der Waals surface area contributed by atoms with Gasteiger partial charge in [-0.15, -0.1) is 11.8 Å². The molecule has 1 aliphatic heterocycles. The molecule has 142 valence electrons. The van der Waals surface area contributed by atoms with Gasteiger partial charge in [-0.2, -0.15) is 5.10 Å². The monoisotopic (exact) mass is 392 g/mol. The molecule has 0 saturated carbocycles. The number of carbonyl (C=O) groups excluding carboxylic acids is 2. The maximum Gasteiger partial charge on any atom is 0.253 e. The number of benzene rings is 2. The van der Waals surface area contributed by atoms with E-state index in [1.54, 1.807) is 28.9 Å². The maximum absolute atomic E-state index is 12.8. The van der Waals surface area contributed by atoms with Gasteiger partial charge in [-0.1, -0.05) is 18.2 Å². The molecule has 28 heavy (non-hydrogen) atoms. The van der Waals surface area contributed by atoms with Gasteiger partial charge >= 0.3 is 0 Å². The van der Waals surface area contributed by atoms with E-state index in [4.69, 9.17) is 0 Å².